The van der Waals surface area contributed by atoms with E-state index in [1.165, 1.54) is 7.11 Å². The summed E-state index contributed by atoms with van der Waals surface area (Å²) >= 11 is 0. The molecule has 0 spiro atoms. The number of allylic oxidation sites excluding steroid dienone is 1. The van der Waals surface area contributed by atoms with Gasteiger partial charge in [-0.15, -0.1) is 0 Å². The fourth-order valence-electron chi connectivity index (χ4n) is 1.25. The lowest BCUT2D eigenvalue weighted by molar-refractivity contribution is -0.139. The molecule has 0 aliphatic rings. The third-order valence-corrected chi connectivity index (χ3v) is 2.06. The summed E-state index contributed by atoms with van der Waals surface area (Å²) in [5, 5.41) is 0. The third kappa shape index (κ3) is 2.73. The quantitative estimate of drug-likeness (QED) is 0.685. The minimum atomic E-state index is -0.207. The number of benzene rings is 1. The number of ether oxygens (including phenoxy) is 1. The minimum absolute atomic E-state index is 0.207. The van der Waals surface area contributed by atoms with Crippen molar-refractivity contribution in [2.75, 3.05) is 7.11 Å². The van der Waals surface area contributed by atoms with Crippen LogP contribution < -0.4 is 0 Å². The van der Waals surface area contributed by atoms with Gasteiger partial charge in [-0.2, -0.15) is 0 Å². The second-order valence-electron chi connectivity index (χ2n) is 2.93. The Morgan fingerprint density at radius 2 is 2.00 bits per heavy atom. The van der Waals surface area contributed by atoms with Gasteiger partial charge in [-0.3, -0.25) is 4.79 Å². The molecule has 2 nitrogen and oxygen atoms in total. The van der Waals surface area contributed by atoms with Crippen LogP contribution >= 0.6 is 0 Å². The average molecular weight is 190 g/mol. The van der Waals surface area contributed by atoms with Crippen molar-refractivity contribution in [2.45, 2.75) is 13.3 Å². The number of hydrogen-bond donors (Lipinski definition) is 0. The summed E-state index contributed by atoms with van der Waals surface area (Å²) in [6.45, 7) is 1.92. The van der Waals surface area contributed by atoms with E-state index in [1.54, 1.807) is 0 Å². The van der Waals surface area contributed by atoms with Crippen molar-refractivity contribution in [3.8, 4) is 0 Å². The van der Waals surface area contributed by atoms with Crippen molar-refractivity contribution in [3.05, 3.63) is 42.0 Å². The van der Waals surface area contributed by atoms with Gasteiger partial charge in [-0.05, 0) is 18.1 Å². The standard InChI is InChI=1S/C12H14O2/c1-3-10(9-12(13)14-2)11-7-5-4-6-8-11/h3-8H,9H2,1-2H3/b10-3+. The highest BCUT2D eigenvalue weighted by Crippen LogP contribution is 2.17. The summed E-state index contributed by atoms with van der Waals surface area (Å²) < 4.78 is 4.62. The number of hydrogen-bond acceptors (Lipinski definition) is 2. The Bertz CT molecular complexity index is 325. The molecule has 0 aliphatic carbocycles. The van der Waals surface area contributed by atoms with Gasteiger partial charge in [0.1, 0.15) is 0 Å². The number of carbonyl (C=O) groups excluding carboxylic acids is 1. The van der Waals surface area contributed by atoms with Crippen LogP contribution in [0.15, 0.2) is 36.4 Å². The van der Waals surface area contributed by atoms with Gasteiger partial charge < -0.3 is 4.74 Å². The van der Waals surface area contributed by atoms with Gasteiger partial charge in [-0.1, -0.05) is 36.4 Å². The fourth-order valence-corrected chi connectivity index (χ4v) is 1.25. The van der Waals surface area contributed by atoms with E-state index >= 15 is 0 Å². The topological polar surface area (TPSA) is 26.3 Å². The van der Waals surface area contributed by atoms with Crippen LogP contribution in [0, 0.1) is 0 Å². The van der Waals surface area contributed by atoms with Crippen molar-refractivity contribution < 1.29 is 9.53 Å². The van der Waals surface area contributed by atoms with Crippen molar-refractivity contribution in [1.29, 1.82) is 0 Å². The van der Waals surface area contributed by atoms with E-state index in [2.05, 4.69) is 4.74 Å². The van der Waals surface area contributed by atoms with E-state index in [1.807, 2.05) is 43.3 Å². The first-order valence-corrected chi connectivity index (χ1v) is 4.55. The SMILES string of the molecule is C/C=C(\CC(=O)OC)c1ccccc1. The maximum absolute atomic E-state index is 11.1. The normalized spacial score (nSPS) is 11.1. The molecular weight excluding hydrogens is 176 g/mol. The summed E-state index contributed by atoms with van der Waals surface area (Å²) in [4.78, 5) is 11.1. The molecule has 0 heterocycles. The predicted octanol–water partition coefficient (Wildman–Crippen LogP) is 2.65. The van der Waals surface area contributed by atoms with Gasteiger partial charge in [0.15, 0.2) is 0 Å². The van der Waals surface area contributed by atoms with Gasteiger partial charge in [0.05, 0.1) is 13.5 Å². The number of rotatable bonds is 3. The molecule has 0 amide bonds. The first-order chi connectivity index (χ1) is 6.77. The lowest BCUT2D eigenvalue weighted by atomic mass is 10.0. The first kappa shape index (κ1) is 10.5. The van der Waals surface area contributed by atoms with Crippen LogP contribution in [0.3, 0.4) is 0 Å². The largest absolute Gasteiger partial charge is 0.469 e. The molecule has 0 aliphatic heterocycles. The maximum atomic E-state index is 11.1. The van der Waals surface area contributed by atoms with E-state index in [0.717, 1.165) is 11.1 Å². The Hall–Kier alpha value is -1.57. The molecule has 0 aromatic heterocycles. The summed E-state index contributed by atoms with van der Waals surface area (Å²) in [5.41, 5.74) is 2.07. The molecular formula is C12H14O2. The smallest absolute Gasteiger partial charge is 0.309 e. The Labute approximate surface area is 84.2 Å². The molecule has 0 saturated heterocycles. The van der Waals surface area contributed by atoms with E-state index in [-0.39, 0.29) is 5.97 Å². The van der Waals surface area contributed by atoms with Crippen LogP contribution in [0.4, 0.5) is 0 Å². The molecule has 0 radical (unpaired) electrons. The first-order valence-electron chi connectivity index (χ1n) is 4.55. The molecule has 0 N–H and O–H groups in total. The monoisotopic (exact) mass is 190 g/mol. The lowest BCUT2D eigenvalue weighted by Gasteiger charge is -2.05. The van der Waals surface area contributed by atoms with Gasteiger partial charge in [0.2, 0.25) is 0 Å². The van der Waals surface area contributed by atoms with Gasteiger partial charge in [-0.25, -0.2) is 0 Å². The molecule has 1 aromatic carbocycles. The molecule has 1 rings (SSSR count). The van der Waals surface area contributed by atoms with Crippen LogP contribution in [0.5, 0.6) is 0 Å². The molecule has 2 heteroatoms. The highest BCUT2D eigenvalue weighted by atomic mass is 16.5. The highest BCUT2D eigenvalue weighted by Gasteiger charge is 2.06. The molecule has 0 saturated carbocycles. The van der Waals surface area contributed by atoms with Crippen LogP contribution in [0.1, 0.15) is 18.9 Å². The Morgan fingerprint density at radius 1 is 1.36 bits per heavy atom. The zero-order valence-corrected chi connectivity index (χ0v) is 8.49. The molecule has 14 heavy (non-hydrogen) atoms. The zero-order chi connectivity index (χ0) is 10.4. The molecule has 74 valence electrons. The second kappa shape index (κ2) is 5.22. The number of carbonyl (C=O) groups is 1. The minimum Gasteiger partial charge on any atom is -0.469 e. The van der Waals surface area contributed by atoms with E-state index in [4.69, 9.17) is 0 Å². The maximum Gasteiger partial charge on any atom is 0.309 e. The predicted molar refractivity (Wildman–Crippen MR) is 56.7 cm³/mol. The van der Waals surface area contributed by atoms with Gasteiger partial charge >= 0.3 is 5.97 Å². The Kier molecular flexibility index (Phi) is 3.92. The van der Waals surface area contributed by atoms with E-state index in [0.29, 0.717) is 6.42 Å². The molecule has 1 aromatic rings. The number of methoxy groups -OCH3 is 1. The molecule has 0 atom stereocenters. The van der Waals surface area contributed by atoms with E-state index < -0.39 is 0 Å². The van der Waals surface area contributed by atoms with Crippen molar-refractivity contribution >= 4 is 11.5 Å². The summed E-state index contributed by atoms with van der Waals surface area (Å²) in [6, 6.07) is 9.83. The van der Waals surface area contributed by atoms with Gasteiger partial charge in [0.25, 0.3) is 0 Å². The highest BCUT2D eigenvalue weighted by molar-refractivity contribution is 5.84. The Morgan fingerprint density at radius 3 is 2.50 bits per heavy atom. The van der Waals surface area contributed by atoms with Crippen LogP contribution in [0.2, 0.25) is 0 Å². The molecule has 0 bridgehead atoms. The van der Waals surface area contributed by atoms with Crippen molar-refractivity contribution in [1.82, 2.24) is 0 Å². The van der Waals surface area contributed by atoms with Gasteiger partial charge in [0, 0.05) is 0 Å². The average Bonchev–Trinajstić information content (AvgIpc) is 2.26. The molecule has 0 fully saturated rings. The second-order valence-corrected chi connectivity index (χ2v) is 2.93. The van der Waals surface area contributed by atoms with Crippen molar-refractivity contribution in [2.24, 2.45) is 0 Å². The van der Waals surface area contributed by atoms with Crippen LogP contribution in [0.25, 0.3) is 5.57 Å². The summed E-state index contributed by atoms with van der Waals surface area (Å²) in [5.74, 6) is -0.207. The molecule has 0 unspecified atom stereocenters. The van der Waals surface area contributed by atoms with Crippen LogP contribution in [-0.4, -0.2) is 13.1 Å². The number of esters is 1. The summed E-state index contributed by atoms with van der Waals surface area (Å²) in [6.07, 6.45) is 2.27. The summed E-state index contributed by atoms with van der Waals surface area (Å²) in [7, 11) is 1.40. The Balaban J connectivity index is 2.79. The van der Waals surface area contributed by atoms with Crippen molar-refractivity contribution in [3.63, 3.8) is 0 Å². The van der Waals surface area contributed by atoms with Crippen LogP contribution in [-0.2, 0) is 9.53 Å². The lowest BCUT2D eigenvalue weighted by Crippen LogP contribution is -2.01. The zero-order valence-electron chi connectivity index (χ0n) is 8.49. The van der Waals surface area contributed by atoms with E-state index in [9.17, 15) is 4.79 Å². The third-order valence-electron chi connectivity index (χ3n) is 2.06. The fraction of sp³-hybridized carbons (Fsp3) is 0.250.